The molecule has 1 aliphatic heterocycles. The molecule has 0 saturated carbocycles. The van der Waals surface area contributed by atoms with Gasteiger partial charge in [-0.2, -0.15) is 0 Å². The highest BCUT2D eigenvalue weighted by Gasteiger charge is 2.39. The van der Waals surface area contributed by atoms with Crippen LogP contribution in [0.4, 0.5) is 0 Å². The van der Waals surface area contributed by atoms with E-state index in [9.17, 15) is 29.1 Å². The molecule has 1 aromatic heterocycles. The predicted molar refractivity (Wildman–Crippen MR) is 215 cm³/mol. The highest BCUT2D eigenvalue weighted by Crippen LogP contribution is 2.32. The van der Waals surface area contributed by atoms with E-state index in [-0.39, 0.29) is 78.6 Å². The molecule has 1 aromatic carbocycles. The van der Waals surface area contributed by atoms with Crippen molar-refractivity contribution in [3.63, 3.8) is 0 Å². The number of benzene rings is 1. The maximum atomic E-state index is 14.7. The van der Waals surface area contributed by atoms with Crippen LogP contribution in [-0.2, 0) is 30.3 Å². The number of amides is 3. The van der Waals surface area contributed by atoms with Gasteiger partial charge in [-0.15, -0.1) is 11.3 Å². The zero-order chi connectivity index (χ0) is 40.8. The first-order valence-corrected chi connectivity index (χ1v) is 20.8. The van der Waals surface area contributed by atoms with Gasteiger partial charge in [-0.3, -0.25) is 28.9 Å². The summed E-state index contributed by atoms with van der Waals surface area (Å²) in [5.74, 6) is -2.67. The lowest BCUT2D eigenvalue weighted by Crippen LogP contribution is -2.53. The number of likely N-dealkylation sites (N-methyl/N-ethyl adjacent to an activating group) is 1. The molecule has 2 aromatic rings. The molecule has 3 N–H and O–H groups in total. The van der Waals surface area contributed by atoms with E-state index in [1.807, 2.05) is 78.9 Å². The number of nitrogens with one attached hydrogen (secondary N) is 2. The van der Waals surface area contributed by atoms with E-state index in [4.69, 9.17) is 4.74 Å². The number of likely N-dealkylation sites (tertiary alicyclic amines) is 1. The Bertz CT molecular complexity index is 1550. The molecular weight excluding hydrogens is 719 g/mol. The number of ketones is 1. The number of esters is 1. The summed E-state index contributed by atoms with van der Waals surface area (Å²) in [6.45, 7) is 14.0. The molecule has 12 nitrogen and oxygen atoms in total. The normalized spacial score (nSPS) is 18.1. The number of thiazole rings is 1. The Kier molecular flexibility index (Phi) is 18.4. The SMILES string of the molecule is CC[C@H](C)[C@H](CC(=O)[C@H]1CCCCN1C)C(=O)N(CC(=O)NC(C)C)[C@H](C[C@@H](O)c1nc(C(=O)N[C@@H](Cc2ccccc2)C[C@H](C)C(=O)OC)cs1)C(C)C. The number of hydrogen-bond donors (Lipinski definition) is 3. The van der Waals surface area contributed by atoms with Crippen molar-refractivity contribution in [2.45, 2.75) is 130 Å². The van der Waals surface area contributed by atoms with Crippen molar-refractivity contribution in [1.29, 1.82) is 0 Å². The zero-order valence-electron chi connectivity index (χ0n) is 34.4. The first kappa shape index (κ1) is 45.7. The fraction of sp³-hybridized carbons (Fsp3) is 0.667. The molecule has 0 radical (unpaired) electrons. The lowest BCUT2D eigenvalue weighted by molar-refractivity contribution is -0.147. The molecule has 1 aliphatic rings. The molecule has 55 heavy (non-hydrogen) atoms. The van der Waals surface area contributed by atoms with Gasteiger partial charge in [-0.25, -0.2) is 4.98 Å². The van der Waals surface area contributed by atoms with Gasteiger partial charge < -0.3 is 25.4 Å². The van der Waals surface area contributed by atoms with Gasteiger partial charge in [0, 0.05) is 42.3 Å². The molecule has 0 bridgehead atoms. The number of aliphatic hydroxyl groups is 1. The fourth-order valence-electron chi connectivity index (χ4n) is 7.45. The van der Waals surface area contributed by atoms with Gasteiger partial charge in [-0.1, -0.05) is 77.8 Å². The maximum Gasteiger partial charge on any atom is 0.308 e. The third-order valence-corrected chi connectivity index (χ3v) is 11.8. The van der Waals surface area contributed by atoms with E-state index in [0.29, 0.717) is 24.3 Å². The largest absolute Gasteiger partial charge is 0.469 e. The Morgan fingerprint density at radius 1 is 1.02 bits per heavy atom. The molecule has 1 fully saturated rings. The number of aromatic nitrogens is 1. The summed E-state index contributed by atoms with van der Waals surface area (Å²) >= 11 is 1.15. The molecule has 7 atom stereocenters. The molecule has 2 heterocycles. The van der Waals surface area contributed by atoms with E-state index in [1.165, 1.54) is 7.11 Å². The van der Waals surface area contributed by atoms with Gasteiger partial charge in [0.25, 0.3) is 5.91 Å². The number of aliphatic hydroxyl groups excluding tert-OH is 1. The number of carbonyl (C=O) groups is 5. The van der Waals surface area contributed by atoms with Crippen LogP contribution in [0.5, 0.6) is 0 Å². The number of carbonyl (C=O) groups excluding carboxylic acids is 5. The lowest BCUT2D eigenvalue weighted by Gasteiger charge is -2.39. The molecule has 13 heteroatoms. The van der Waals surface area contributed by atoms with E-state index in [2.05, 4.69) is 20.5 Å². The average molecular weight is 784 g/mol. The highest BCUT2D eigenvalue weighted by molar-refractivity contribution is 7.09. The number of methoxy groups -OCH3 is 1. The summed E-state index contributed by atoms with van der Waals surface area (Å²) in [6.07, 6.45) is 3.36. The molecule has 1 saturated heterocycles. The number of hydrogen-bond acceptors (Lipinski definition) is 10. The van der Waals surface area contributed by atoms with Crippen molar-refractivity contribution in [2.24, 2.45) is 23.7 Å². The number of piperidine rings is 1. The van der Waals surface area contributed by atoms with Crippen LogP contribution < -0.4 is 10.6 Å². The second kappa shape index (κ2) is 22.2. The molecule has 306 valence electrons. The second-order valence-corrected chi connectivity index (χ2v) is 16.9. The van der Waals surface area contributed by atoms with Crippen molar-refractivity contribution in [3.05, 3.63) is 52.0 Å². The van der Waals surface area contributed by atoms with Gasteiger partial charge in [0.2, 0.25) is 11.8 Å². The predicted octanol–water partition coefficient (Wildman–Crippen LogP) is 5.59. The first-order chi connectivity index (χ1) is 26.1. The third-order valence-electron chi connectivity index (χ3n) is 10.8. The minimum Gasteiger partial charge on any atom is -0.469 e. The Morgan fingerprint density at radius 3 is 2.31 bits per heavy atom. The number of nitrogens with zero attached hydrogens (tertiary/aromatic N) is 3. The maximum absolute atomic E-state index is 14.7. The average Bonchev–Trinajstić information content (AvgIpc) is 3.65. The summed E-state index contributed by atoms with van der Waals surface area (Å²) in [6, 6.07) is 8.35. The topological polar surface area (TPSA) is 158 Å². The van der Waals surface area contributed by atoms with E-state index < -0.39 is 29.9 Å². The van der Waals surface area contributed by atoms with Gasteiger partial charge in [0.05, 0.1) is 25.6 Å². The minimum absolute atomic E-state index is 0.0490. The van der Waals surface area contributed by atoms with Crippen molar-refractivity contribution in [2.75, 3.05) is 27.2 Å². The molecular formula is C42H65N5O7S. The fourth-order valence-corrected chi connectivity index (χ4v) is 8.25. The first-order valence-electron chi connectivity index (χ1n) is 19.9. The monoisotopic (exact) mass is 783 g/mol. The van der Waals surface area contributed by atoms with Crippen LogP contribution in [0.15, 0.2) is 35.7 Å². The van der Waals surface area contributed by atoms with Gasteiger partial charge >= 0.3 is 5.97 Å². The Hall–Kier alpha value is -3.68. The smallest absolute Gasteiger partial charge is 0.308 e. The molecule has 3 amide bonds. The van der Waals surface area contributed by atoms with Gasteiger partial charge in [-0.05, 0) is 70.5 Å². The van der Waals surface area contributed by atoms with Crippen molar-refractivity contribution in [1.82, 2.24) is 25.4 Å². The van der Waals surface area contributed by atoms with Crippen molar-refractivity contribution in [3.8, 4) is 0 Å². The van der Waals surface area contributed by atoms with Crippen LogP contribution >= 0.6 is 11.3 Å². The molecule has 0 unspecified atom stereocenters. The lowest BCUT2D eigenvalue weighted by atomic mass is 9.82. The van der Waals surface area contributed by atoms with Crippen LogP contribution in [0, 0.1) is 23.7 Å². The third kappa shape index (κ3) is 13.8. The highest BCUT2D eigenvalue weighted by atomic mass is 32.1. The summed E-state index contributed by atoms with van der Waals surface area (Å²) in [5.41, 5.74) is 1.14. The van der Waals surface area contributed by atoms with Crippen LogP contribution in [-0.4, -0.2) is 101 Å². The summed E-state index contributed by atoms with van der Waals surface area (Å²) < 4.78 is 4.92. The van der Waals surface area contributed by atoms with Crippen LogP contribution in [0.2, 0.25) is 0 Å². The van der Waals surface area contributed by atoms with Crippen molar-refractivity contribution < 1.29 is 33.8 Å². The second-order valence-electron chi connectivity index (χ2n) is 16.0. The number of ether oxygens (including phenoxy) is 1. The summed E-state index contributed by atoms with van der Waals surface area (Å²) in [5, 5.41) is 19.5. The van der Waals surface area contributed by atoms with Gasteiger partial charge in [0.1, 0.15) is 16.8 Å². The van der Waals surface area contributed by atoms with E-state index >= 15 is 0 Å². The molecule has 0 aliphatic carbocycles. The molecule has 3 rings (SSSR count). The minimum atomic E-state index is -1.14. The molecule has 0 spiro atoms. The van der Waals surface area contributed by atoms with Crippen molar-refractivity contribution >= 4 is 40.8 Å². The quantitative estimate of drug-likeness (QED) is 0.137. The number of Topliss-reactive ketones (excluding diaryl/α,β-unsaturated/α-hetero) is 1. The van der Waals surface area contributed by atoms with Crippen LogP contribution in [0.25, 0.3) is 0 Å². The van der Waals surface area contributed by atoms with E-state index in [1.54, 1.807) is 17.2 Å². The van der Waals surface area contributed by atoms with Crippen LogP contribution in [0.3, 0.4) is 0 Å². The van der Waals surface area contributed by atoms with Gasteiger partial charge in [0.15, 0.2) is 5.78 Å². The Labute approximate surface area is 332 Å². The summed E-state index contributed by atoms with van der Waals surface area (Å²) in [4.78, 5) is 75.7. The zero-order valence-corrected chi connectivity index (χ0v) is 35.2. The standard InChI is InChI=1S/C42H65N5O7S/c1-10-28(6)32(22-36(48)34-18-14-15-19-46(34)8)41(52)47(24-38(50)43-27(4)5)35(26(2)3)23-37(49)40-45-33(25-55-40)39(51)44-31(20-29(7)42(53)54-9)21-30-16-12-11-13-17-30/h11-13,16-17,25-29,31-32,34-35,37,49H,10,14-15,18-24H2,1-9H3,(H,43,50)(H,44,51)/t28-,29-,31+,32-,34+,35+,37+/m0/s1. The summed E-state index contributed by atoms with van der Waals surface area (Å²) in [7, 11) is 3.30. The Balaban J connectivity index is 1.86. The number of rotatable bonds is 21. The van der Waals surface area contributed by atoms with Crippen LogP contribution in [0.1, 0.15) is 121 Å². The van der Waals surface area contributed by atoms with E-state index in [0.717, 1.165) is 42.7 Å². The Morgan fingerprint density at radius 2 is 1.71 bits per heavy atom.